The van der Waals surface area contributed by atoms with Gasteiger partial charge in [0.15, 0.2) is 0 Å². The first-order valence-electron chi connectivity index (χ1n) is 13.3. The lowest BCUT2D eigenvalue weighted by molar-refractivity contribution is -0.208. The molecule has 0 heterocycles. The number of carboxylic acids is 1. The minimum Gasteiger partial charge on any atom is -0.478 e. The van der Waals surface area contributed by atoms with E-state index in [0.717, 1.165) is 24.5 Å². The van der Waals surface area contributed by atoms with Crippen molar-refractivity contribution in [3.63, 3.8) is 0 Å². The van der Waals surface area contributed by atoms with E-state index in [1.54, 1.807) is 6.08 Å². The molecule has 1 aromatic rings. The van der Waals surface area contributed by atoms with Gasteiger partial charge in [0.2, 0.25) is 5.91 Å². The Hall–Kier alpha value is -1.99. The van der Waals surface area contributed by atoms with Gasteiger partial charge in [-0.3, -0.25) is 5.32 Å². The van der Waals surface area contributed by atoms with E-state index >= 15 is 0 Å². The van der Waals surface area contributed by atoms with Gasteiger partial charge in [-0.25, -0.2) is 4.79 Å². The quantitative estimate of drug-likeness (QED) is 0.0659. The van der Waals surface area contributed by atoms with Crippen molar-refractivity contribution in [2.45, 2.75) is 103 Å². The molecule has 0 saturated heterocycles. The zero-order valence-corrected chi connectivity index (χ0v) is 21.7. The van der Waals surface area contributed by atoms with Gasteiger partial charge in [0.25, 0.3) is 0 Å². The van der Waals surface area contributed by atoms with Crippen LogP contribution in [0.5, 0.6) is 0 Å². The Morgan fingerprint density at radius 3 is 1.86 bits per heavy atom. The second-order valence-corrected chi connectivity index (χ2v) is 8.92. The lowest BCUT2D eigenvalue weighted by Crippen LogP contribution is -2.48. The van der Waals surface area contributed by atoms with Crippen molar-refractivity contribution in [1.29, 1.82) is 0 Å². The highest BCUT2D eigenvalue weighted by molar-refractivity contribution is 5.85. The van der Waals surface area contributed by atoms with E-state index in [4.69, 9.17) is 20.4 Å². The summed E-state index contributed by atoms with van der Waals surface area (Å²) >= 11 is 0. The number of rotatable bonds is 20. The Bertz CT molecular complexity index is 658. The number of carboxylic acid groups (broad SMARTS) is 1. The summed E-state index contributed by atoms with van der Waals surface area (Å²) in [6.07, 6.45) is 25.0. The molecule has 0 bridgehead atoms. The standard InChI is InChI=1S/C20H41NO3.C9H8O2/c1-2-3-4-5-6-7-8-9-10-11-12-13-14-15-16-17-18-21-20(23,24)19-22;10-9(11)7-6-8-4-2-1-3-5-8/h9-10,21-24H,2-8,11-19H2,1H3;1-7H,(H,10,11)/b10-9-;7-6+. The van der Waals surface area contributed by atoms with E-state index in [1.807, 2.05) is 30.3 Å². The topological polar surface area (TPSA) is 110 Å². The van der Waals surface area contributed by atoms with Crippen LogP contribution in [-0.4, -0.2) is 45.5 Å². The first-order chi connectivity index (χ1) is 16.9. The number of nitrogens with one attached hydrogen (secondary N) is 1. The summed E-state index contributed by atoms with van der Waals surface area (Å²) in [5, 5.41) is 37.7. The van der Waals surface area contributed by atoms with Crippen molar-refractivity contribution in [1.82, 2.24) is 5.32 Å². The smallest absolute Gasteiger partial charge is 0.328 e. The average molecular weight is 492 g/mol. The van der Waals surface area contributed by atoms with Gasteiger partial charge < -0.3 is 20.4 Å². The van der Waals surface area contributed by atoms with Crippen LogP contribution in [0, 0.1) is 0 Å². The number of allylic oxidation sites excluding steroid dienone is 2. The van der Waals surface area contributed by atoms with Crippen LogP contribution in [0.25, 0.3) is 6.08 Å². The van der Waals surface area contributed by atoms with E-state index in [2.05, 4.69) is 24.4 Å². The second kappa shape index (κ2) is 23.7. The Balaban J connectivity index is 0.000000867. The lowest BCUT2D eigenvalue weighted by atomic mass is 10.1. The third-order valence-electron chi connectivity index (χ3n) is 5.54. The second-order valence-electron chi connectivity index (χ2n) is 8.92. The predicted molar refractivity (Wildman–Crippen MR) is 145 cm³/mol. The Kier molecular flexibility index (Phi) is 22.4. The fraction of sp³-hybridized carbons (Fsp3) is 0.621. The van der Waals surface area contributed by atoms with Gasteiger partial charge in [0.05, 0.1) is 0 Å². The molecule has 1 rings (SSSR count). The fourth-order valence-corrected chi connectivity index (χ4v) is 3.45. The molecule has 1 aromatic carbocycles. The third kappa shape index (κ3) is 24.9. The van der Waals surface area contributed by atoms with Crippen molar-refractivity contribution < 1.29 is 25.2 Å². The number of benzene rings is 1. The van der Waals surface area contributed by atoms with Crippen molar-refractivity contribution in [3.05, 3.63) is 54.1 Å². The number of unbranched alkanes of at least 4 members (excludes halogenated alkanes) is 12. The Morgan fingerprint density at radius 2 is 1.34 bits per heavy atom. The van der Waals surface area contributed by atoms with Crippen molar-refractivity contribution in [2.75, 3.05) is 13.2 Å². The van der Waals surface area contributed by atoms with Crippen molar-refractivity contribution >= 4 is 12.0 Å². The molecule has 5 N–H and O–H groups in total. The molecular weight excluding hydrogens is 442 g/mol. The van der Waals surface area contributed by atoms with Crippen LogP contribution >= 0.6 is 0 Å². The van der Waals surface area contributed by atoms with Crippen molar-refractivity contribution in [2.24, 2.45) is 0 Å². The molecule has 0 aliphatic heterocycles. The molecule has 0 spiro atoms. The summed E-state index contributed by atoms with van der Waals surface area (Å²) < 4.78 is 0. The van der Waals surface area contributed by atoms with Crippen LogP contribution in [0.15, 0.2) is 48.6 Å². The molecule has 0 saturated carbocycles. The molecule has 0 aliphatic carbocycles. The molecule has 200 valence electrons. The van der Waals surface area contributed by atoms with Gasteiger partial charge in [-0.05, 0) is 43.7 Å². The number of hydrogen-bond acceptors (Lipinski definition) is 5. The first-order valence-corrected chi connectivity index (χ1v) is 13.3. The summed E-state index contributed by atoms with van der Waals surface area (Å²) in [7, 11) is 0. The van der Waals surface area contributed by atoms with Gasteiger partial charge in [-0.15, -0.1) is 0 Å². The maximum Gasteiger partial charge on any atom is 0.328 e. The average Bonchev–Trinajstić information content (AvgIpc) is 2.85. The summed E-state index contributed by atoms with van der Waals surface area (Å²) in [5.74, 6) is -3.05. The summed E-state index contributed by atoms with van der Waals surface area (Å²) in [4.78, 5) is 10.1. The summed E-state index contributed by atoms with van der Waals surface area (Å²) in [6.45, 7) is 2.10. The van der Waals surface area contributed by atoms with Gasteiger partial charge in [-0.2, -0.15) is 0 Å². The Morgan fingerprint density at radius 1 is 0.829 bits per heavy atom. The molecule has 0 unspecified atom stereocenters. The van der Waals surface area contributed by atoms with Gasteiger partial charge in [0, 0.05) is 12.6 Å². The number of carbonyl (C=O) groups is 1. The monoisotopic (exact) mass is 491 g/mol. The van der Waals surface area contributed by atoms with Gasteiger partial charge in [0.1, 0.15) is 6.61 Å². The molecule has 0 fully saturated rings. The summed E-state index contributed by atoms with van der Waals surface area (Å²) in [5.41, 5.74) is 0.898. The van der Waals surface area contributed by atoms with Crippen LogP contribution in [0.1, 0.15) is 102 Å². The molecule has 0 atom stereocenters. The Labute approximate surface area is 212 Å². The van der Waals surface area contributed by atoms with Gasteiger partial charge in [-0.1, -0.05) is 107 Å². The fourth-order valence-electron chi connectivity index (χ4n) is 3.45. The molecule has 0 amide bonds. The highest BCUT2D eigenvalue weighted by atomic mass is 16.5. The molecule has 0 radical (unpaired) electrons. The van der Waals surface area contributed by atoms with Crippen LogP contribution in [0.3, 0.4) is 0 Å². The highest BCUT2D eigenvalue weighted by Crippen LogP contribution is 2.10. The van der Waals surface area contributed by atoms with E-state index < -0.39 is 18.5 Å². The lowest BCUT2D eigenvalue weighted by Gasteiger charge is -2.19. The minimum atomic E-state index is -2.12. The largest absolute Gasteiger partial charge is 0.478 e. The van der Waals surface area contributed by atoms with Gasteiger partial charge >= 0.3 is 5.97 Å². The zero-order valence-electron chi connectivity index (χ0n) is 21.7. The predicted octanol–water partition coefficient (Wildman–Crippen LogP) is 6.03. The van der Waals surface area contributed by atoms with Crippen LogP contribution in [0.4, 0.5) is 0 Å². The van der Waals surface area contributed by atoms with Crippen molar-refractivity contribution in [3.8, 4) is 0 Å². The molecule has 35 heavy (non-hydrogen) atoms. The number of aliphatic hydroxyl groups is 3. The minimum absolute atomic E-state index is 0.523. The maximum absolute atomic E-state index is 10.1. The van der Waals surface area contributed by atoms with E-state index in [1.165, 1.54) is 77.0 Å². The summed E-state index contributed by atoms with van der Waals surface area (Å²) in [6, 6.07) is 9.31. The molecule has 0 aromatic heterocycles. The number of aliphatic carboxylic acids is 1. The van der Waals surface area contributed by atoms with E-state index in [-0.39, 0.29) is 0 Å². The van der Waals surface area contributed by atoms with E-state index in [0.29, 0.717) is 6.54 Å². The normalized spacial score (nSPS) is 11.7. The zero-order chi connectivity index (χ0) is 26.0. The molecule has 6 nitrogen and oxygen atoms in total. The van der Waals surface area contributed by atoms with E-state index in [9.17, 15) is 4.79 Å². The number of aliphatic hydroxyl groups excluding tert-OH is 1. The van der Waals surface area contributed by atoms with Crippen LogP contribution in [-0.2, 0) is 4.79 Å². The number of hydrogen-bond donors (Lipinski definition) is 5. The maximum atomic E-state index is 10.1. The van der Waals surface area contributed by atoms with Crippen LogP contribution in [0.2, 0.25) is 0 Å². The third-order valence-corrected chi connectivity index (χ3v) is 5.54. The molecule has 0 aliphatic rings. The SMILES string of the molecule is CCCCCCCC/C=C\CCCCCCCCNC(O)(O)CO.O=C(O)/C=C/c1ccccc1. The van der Waals surface area contributed by atoms with Crippen LogP contribution < -0.4 is 5.32 Å². The molecular formula is C29H49NO5. The highest BCUT2D eigenvalue weighted by Gasteiger charge is 2.19. The molecule has 6 heteroatoms. The first kappa shape index (κ1) is 33.0.